The summed E-state index contributed by atoms with van der Waals surface area (Å²) in [6, 6.07) is 15.6. The van der Waals surface area contributed by atoms with Crippen LogP contribution in [0.25, 0.3) is 0 Å². The number of nitrogens with zero attached hydrogens (tertiary/aromatic N) is 2. The number of rotatable bonds is 2. The summed E-state index contributed by atoms with van der Waals surface area (Å²) in [4.78, 5) is 28.9. The molecule has 1 fully saturated rings. The van der Waals surface area contributed by atoms with E-state index in [1.807, 2.05) is 37.3 Å². The lowest BCUT2D eigenvalue weighted by Gasteiger charge is -2.32. The Labute approximate surface area is 141 Å². The SMILES string of the molecule is Cc1cccc(N2C(=O)C[C@H](N3CCc4ccccc4C3)C2=O)c1. The molecule has 2 aliphatic heterocycles. The van der Waals surface area contributed by atoms with Crippen LogP contribution in [0.1, 0.15) is 23.1 Å². The molecule has 24 heavy (non-hydrogen) atoms. The smallest absolute Gasteiger partial charge is 0.251 e. The fraction of sp³-hybridized carbons (Fsp3) is 0.300. The first-order valence-corrected chi connectivity index (χ1v) is 8.38. The van der Waals surface area contributed by atoms with E-state index in [9.17, 15) is 9.59 Å². The van der Waals surface area contributed by atoms with Crippen LogP contribution in [0.4, 0.5) is 5.69 Å². The standard InChI is InChI=1S/C20H20N2O2/c1-14-5-4-8-17(11-14)22-19(23)12-18(20(22)24)21-10-9-15-6-2-3-7-16(15)13-21/h2-8,11,18H,9-10,12-13H2,1H3/t18-/m0/s1. The fourth-order valence-electron chi connectivity index (χ4n) is 3.72. The van der Waals surface area contributed by atoms with Gasteiger partial charge in [0.05, 0.1) is 18.2 Å². The molecule has 0 saturated carbocycles. The zero-order chi connectivity index (χ0) is 16.7. The van der Waals surface area contributed by atoms with E-state index in [1.54, 1.807) is 0 Å². The van der Waals surface area contributed by atoms with Crippen LogP contribution in [0.5, 0.6) is 0 Å². The third kappa shape index (κ3) is 2.53. The molecule has 1 saturated heterocycles. The highest BCUT2D eigenvalue weighted by atomic mass is 16.2. The number of aryl methyl sites for hydroxylation is 1. The highest BCUT2D eigenvalue weighted by Crippen LogP contribution is 2.29. The van der Waals surface area contributed by atoms with Crippen molar-refractivity contribution in [3.63, 3.8) is 0 Å². The topological polar surface area (TPSA) is 40.6 Å². The van der Waals surface area contributed by atoms with Gasteiger partial charge in [0.15, 0.2) is 0 Å². The van der Waals surface area contributed by atoms with Gasteiger partial charge < -0.3 is 0 Å². The first-order chi connectivity index (χ1) is 11.6. The minimum atomic E-state index is -0.341. The molecule has 4 nitrogen and oxygen atoms in total. The van der Waals surface area contributed by atoms with Gasteiger partial charge in [-0.25, -0.2) is 4.90 Å². The Morgan fingerprint density at radius 2 is 1.79 bits per heavy atom. The predicted molar refractivity (Wildman–Crippen MR) is 92.6 cm³/mol. The highest BCUT2D eigenvalue weighted by Gasteiger charge is 2.43. The van der Waals surface area contributed by atoms with E-state index in [0.29, 0.717) is 5.69 Å². The minimum Gasteiger partial charge on any atom is -0.287 e. The molecule has 1 atom stereocenters. The van der Waals surface area contributed by atoms with Gasteiger partial charge in [0.1, 0.15) is 0 Å². The second-order valence-corrected chi connectivity index (χ2v) is 6.62. The molecular weight excluding hydrogens is 300 g/mol. The fourth-order valence-corrected chi connectivity index (χ4v) is 3.72. The summed E-state index contributed by atoms with van der Waals surface area (Å²) in [5, 5.41) is 0. The number of imide groups is 1. The van der Waals surface area contributed by atoms with Crippen molar-refractivity contribution in [3.8, 4) is 0 Å². The van der Waals surface area contributed by atoms with Crippen LogP contribution in [-0.4, -0.2) is 29.3 Å². The Bertz CT molecular complexity index is 815. The van der Waals surface area contributed by atoms with Crippen LogP contribution < -0.4 is 4.90 Å². The maximum atomic E-state index is 12.9. The molecule has 122 valence electrons. The van der Waals surface area contributed by atoms with Gasteiger partial charge in [0, 0.05) is 13.1 Å². The van der Waals surface area contributed by atoms with Gasteiger partial charge in [-0.1, -0.05) is 36.4 Å². The molecule has 0 aromatic heterocycles. The largest absolute Gasteiger partial charge is 0.287 e. The van der Waals surface area contributed by atoms with Crippen molar-refractivity contribution >= 4 is 17.5 Å². The Balaban J connectivity index is 1.58. The van der Waals surface area contributed by atoms with Gasteiger partial charge in [-0.2, -0.15) is 0 Å². The monoisotopic (exact) mass is 320 g/mol. The molecule has 0 bridgehead atoms. The summed E-state index contributed by atoms with van der Waals surface area (Å²) in [6.07, 6.45) is 1.20. The quantitative estimate of drug-likeness (QED) is 0.799. The van der Waals surface area contributed by atoms with Crippen LogP contribution in [0.3, 0.4) is 0 Å². The predicted octanol–water partition coefficient (Wildman–Crippen LogP) is 2.69. The number of anilines is 1. The van der Waals surface area contributed by atoms with Crippen molar-refractivity contribution in [2.75, 3.05) is 11.4 Å². The van der Waals surface area contributed by atoms with E-state index in [-0.39, 0.29) is 24.3 Å². The summed E-state index contributed by atoms with van der Waals surface area (Å²) in [6.45, 7) is 3.53. The molecule has 2 aromatic rings. The molecule has 0 N–H and O–H groups in total. The van der Waals surface area contributed by atoms with Gasteiger partial charge in [-0.05, 0) is 42.2 Å². The number of carbonyl (C=O) groups is 2. The third-order valence-electron chi connectivity index (χ3n) is 4.98. The van der Waals surface area contributed by atoms with E-state index in [0.717, 1.165) is 25.1 Å². The highest BCUT2D eigenvalue weighted by molar-refractivity contribution is 6.22. The maximum absolute atomic E-state index is 12.9. The normalized spacial score (nSPS) is 21.2. The lowest BCUT2D eigenvalue weighted by atomic mass is 9.98. The summed E-state index contributed by atoms with van der Waals surface area (Å²) >= 11 is 0. The Morgan fingerprint density at radius 1 is 1.00 bits per heavy atom. The molecule has 2 aromatic carbocycles. The van der Waals surface area contributed by atoms with Crippen LogP contribution in [0.2, 0.25) is 0 Å². The van der Waals surface area contributed by atoms with E-state index in [2.05, 4.69) is 23.1 Å². The van der Waals surface area contributed by atoms with Crippen LogP contribution in [0, 0.1) is 6.92 Å². The van der Waals surface area contributed by atoms with Crippen molar-refractivity contribution in [2.24, 2.45) is 0 Å². The second-order valence-electron chi connectivity index (χ2n) is 6.62. The summed E-state index contributed by atoms with van der Waals surface area (Å²) < 4.78 is 0. The van der Waals surface area contributed by atoms with Crippen LogP contribution in [-0.2, 0) is 22.6 Å². The van der Waals surface area contributed by atoms with Crippen LogP contribution >= 0.6 is 0 Å². The Hall–Kier alpha value is -2.46. The van der Waals surface area contributed by atoms with Gasteiger partial charge in [-0.3, -0.25) is 14.5 Å². The first kappa shape index (κ1) is 15.1. The summed E-state index contributed by atoms with van der Waals surface area (Å²) in [5.41, 5.74) is 4.34. The van der Waals surface area contributed by atoms with Gasteiger partial charge in [0.2, 0.25) is 5.91 Å². The number of hydrogen-bond acceptors (Lipinski definition) is 3. The van der Waals surface area contributed by atoms with Crippen molar-refractivity contribution in [1.29, 1.82) is 0 Å². The van der Waals surface area contributed by atoms with Crippen molar-refractivity contribution < 1.29 is 9.59 Å². The molecule has 0 spiro atoms. The molecule has 4 heteroatoms. The number of benzene rings is 2. The van der Waals surface area contributed by atoms with E-state index in [1.165, 1.54) is 16.0 Å². The van der Waals surface area contributed by atoms with Gasteiger partial charge >= 0.3 is 0 Å². The number of amides is 2. The zero-order valence-electron chi connectivity index (χ0n) is 13.7. The van der Waals surface area contributed by atoms with Gasteiger partial charge in [-0.15, -0.1) is 0 Å². The lowest BCUT2D eigenvalue weighted by molar-refractivity contribution is -0.123. The van der Waals surface area contributed by atoms with Crippen molar-refractivity contribution in [3.05, 3.63) is 65.2 Å². The van der Waals surface area contributed by atoms with Crippen molar-refractivity contribution in [1.82, 2.24) is 4.90 Å². The third-order valence-corrected chi connectivity index (χ3v) is 4.98. The van der Waals surface area contributed by atoms with E-state index < -0.39 is 0 Å². The van der Waals surface area contributed by atoms with E-state index in [4.69, 9.17) is 0 Å². The van der Waals surface area contributed by atoms with Gasteiger partial charge in [0.25, 0.3) is 5.91 Å². The number of carbonyl (C=O) groups excluding carboxylic acids is 2. The van der Waals surface area contributed by atoms with Crippen molar-refractivity contribution in [2.45, 2.75) is 32.4 Å². The molecule has 2 amide bonds. The summed E-state index contributed by atoms with van der Waals surface area (Å²) in [5.74, 6) is -0.195. The lowest BCUT2D eigenvalue weighted by Crippen LogP contribution is -2.44. The van der Waals surface area contributed by atoms with Crippen LogP contribution in [0.15, 0.2) is 48.5 Å². The maximum Gasteiger partial charge on any atom is 0.251 e. The molecule has 2 aliphatic rings. The second kappa shape index (κ2) is 5.87. The number of fused-ring (bicyclic) bond motifs is 1. The Kier molecular flexibility index (Phi) is 3.69. The molecule has 0 radical (unpaired) electrons. The number of hydrogen-bond donors (Lipinski definition) is 0. The first-order valence-electron chi connectivity index (χ1n) is 8.38. The average Bonchev–Trinajstić information content (AvgIpc) is 2.89. The Morgan fingerprint density at radius 3 is 2.58 bits per heavy atom. The minimum absolute atomic E-state index is 0.0926. The molecule has 2 heterocycles. The average molecular weight is 320 g/mol. The van der Waals surface area contributed by atoms with E-state index >= 15 is 0 Å². The molecule has 0 aliphatic carbocycles. The molecular formula is C20H20N2O2. The summed E-state index contributed by atoms with van der Waals surface area (Å²) in [7, 11) is 0. The molecule has 4 rings (SSSR count). The zero-order valence-corrected chi connectivity index (χ0v) is 13.7. The molecule has 0 unspecified atom stereocenters.